The molecule has 0 aliphatic carbocycles. The van der Waals surface area contributed by atoms with Gasteiger partial charge in [-0.05, 0) is 51.5 Å². The summed E-state index contributed by atoms with van der Waals surface area (Å²) in [5.74, 6) is -0.607. The lowest BCUT2D eigenvalue weighted by Crippen LogP contribution is -2.39. The number of pyridine rings is 1. The van der Waals surface area contributed by atoms with Crippen LogP contribution < -0.4 is 0 Å². The van der Waals surface area contributed by atoms with Crippen LogP contribution in [0.3, 0.4) is 0 Å². The molecule has 3 aromatic rings. The third-order valence-electron chi connectivity index (χ3n) is 4.72. The van der Waals surface area contributed by atoms with Crippen LogP contribution in [0, 0.1) is 13.8 Å². The molecule has 0 radical (unpaired) electrons. The average molecular weight is 441 g/mol. The molecule has 1 amide bonds. The van der Waals surface area contributed by atoms with Crippen LogP contribution in [0.15, 0.2) is 48.5 Å². The molecule has 162 valence electrons. The predicted octanol–water partition coefficient (Wildman–Crippen LogP) is 4.13. The number of carbonyl (C=O) groups excluding carboxylic acids is 2. The Balaban J connectivity index is 1.71. The summed E-state index contributed by atoms with van der Waals surface area (Å²) in [6.45, 7) is 7.63. The standard InChI is InChI=1S/C23H25ClN4O3/c1-15(2)27(13-18-8-6-5-7-9-18)21(29)14-31-23(30)22-19(24)10-11-20(25-22)28-17(4)12-16(3)26-28/h5-12,15H,13-14H2,1-4H3. The molecule has 0 atom stereocenters. The topological polar surface area (TPSA) is 77.3 Å². The summed E-state index contributed by atoms with van der Waals surface area (Å²) < 4.78 is 6.88. The number of rotatable bonds is 7. The Hall–Kier alpha value is -3.19. The lowest BCUT2D eigenvalue weighted by Gasteiger charge is -2.26. The zero-order chi connectivity index (χ0) is 22.5. The fraction of sp³-hybridized carbons (Fsp3) is 0.304. The van der Waals surface area contributed by atoms with Gasteiger partial charge in [-0.3, -0.25) is 4.79 Å². The Morgan fingerprint density at radius 1 is 1.13 bits per heavy atom. The maximum atomic E-state index is 12.7. The second-order valence-electron chi connectivity index (χ2n) is 7.52. The van der Waals surface area contributed by atoms with Crippen molar-refractivity contribution in [3.05, 3.63) is 76.2 Å². The molecule has 0 aliphatic heterocycles. The summed E-state index contributed by atoms with van der Waals surface area (Å²) >= 11 is 6.17. The van der Waals surface area contributed by atoms with Crippen molar-refractivity contribution < 1.29 is 14.3 Å². The number of aryl methyl sites for hydroxylation is 2. The first-order valence-electron chi connectivity index (χ1n) is 9.97. The number of hydrogen-bond donors (Lipinski definition) is 0. The van der Waals surface area contributed by atoms with Crippen molar-refractivity contribution in [2.24, 2.45) is 0 Å². The van der Waals surface area contributed by atoms with Gasteiger partial charge in [-0.15, -0.1) is 0 Å². The van der Waals surface area contributed by atoms with Gasteiger partial charge in [-0.1, -0.05) is 41.9 Å². The van der Waals surface area contributed by atoms with E-state index in [9.17, 15) is 9.59 Å². The Morgan fingerprint density at radius 3 is 2.45 bits per heavy atom. The highest BCUT2D eigenvalue weighted by Crippen LogP contribution is 2.19. The van der Waals surface area contributed by atoms with Crippen LogP contribution in [0.25, 0.3) is 5.82 Å². The summed E-state index contributed by atoms with van der Waals surface area (Å²) in [6.07, 6.45) is 0. The number of carbonyl (C=O) groups is 2. The molecule has 0 fully saturated rings. The van der Waals surface area contributed by atoms with Crippen LogP contribution in [-0.4, -0.2) is 44.2 Å². The normalized spacial score (nSPS) is 10.9. The minimum Gasteiger partial charge on any atom is -0.451 e. The van der Waals surface area contributed by atoms with Crippen LogP contribution >= 0.6 is 11.6 Å². The molecule has 8 heteroatoms. The van der Waals surface area contributed by atoms with Gasteiger partial charge in [0.05, 0.1) is 10.7 Å². The summed E-state index contributed by atoms with van der Waals surface area (Å²) in [6, 6.07) is 14.7. The van der Waals surface area contributed by atoms with Gasteiger partial charge < -0.3 is 9.64 Å². The first-order valence-corrected chi connectivity index (χ1v) is 10.3. The molecule has 1 aromatic carbocycles. The molecule has 2 heterocycles. The zero-order valence-corrected chi connectivity index (χ0v) is 18.8. The third kappa shape index (κ3) is 5.49. The number of benzene rings is 1. The van der Waals surface area contributed by atoms with Gasteiger partial charge in [0.2, 0.25) is 0 Å². The molecule has 31 heavy (non-hydrogen) atoms. The van der Waals surface area contributed by atoms with Crippen LogP contribution in [-0.2, 0) is 16.1 Å². The maximum Gasteiger partial charge on any atom is 0.359 e. The van der Waals surface area contributed by atoms with E-state index < -0.39 is 12.6 Å². The molecule has 0 N–H and O–H groups in total. The summed E-state index contributed by atoms with van der Waals surface area (Å²) in [4.78, 5) is 31.3. The highest BCUT2D eigenvalue weighted by atomic mass is 35.5. The van der Waals surface area contributed by atoms with E-state index in [1.807, 2.05) is 64.1 Å². The first-order chi connectivity index (χ1) is 14.8. The molecule has 0 saturated carbocycles. The van der Waals surface area contributed by atoms with Gasteiger partial charge in [-0.25, -0.2) is 14.5 Å². The molecule has 3 rings (SSSR count). The maximum absolute atomic E-state index is 12.7. The fourth-order valence-electron chi connectivity index (χ4n) is 3.17. The molecule has 0 aliphatic rings. The van der Waals surface area contributed by atoms with Crippen molar-refractivity contribution >= 4 is 23.5 Å². The monoisotopic (exact) mass is 440 g/mol. The smallest absolute Gasteiger partial charge is 0.359 e. The van der Waals surface area contributed by atoms with E-state index in [0.717, 1.165) is 17.0 Å². The second kappa shape index (κ2) is 9.75. The van der Waals surface area contributed by atoms with Crippen molar-refractivity contribution in [2.75, 3.05) is 6.61 Å². The Bertz CT molecular complexity index is 1080. The minimum absolute atomic E-state index is 0.0533. The van der Waals surface area contributed by atoms with Crippen molar-refractivity contribution in [1.82, 2.24) is 19.7 Å². The summed E-state index contributed by atoms with van der Waals surface area (Å²) in [5, 5.41) is 4.51. The van der Waals surface area contributed by atoms with Crippen molar-refractivity contribution in [3.8, 4) is 5.82 Å². The SMILES string of the molecule is Cc1cc(C)n(-c2ccc(Cl)c(C(=O)OCC(=O)N(Cc3ccccc3)C(C)C)n2)n1. The first kappa shape index (κ1) is 22.5. The molecule has 0 unspecified atom stereocenters. The lowest BCUT2D eigenvalue weighted by atomic mass is 10.2. The number of nitrogens with zero attached hydrogens (tertiary/aromatic N) is 4. The average Bonchev–Trinajstić information content (AvgIpc) is 3.08. The van der Waals surface area contributed by atoms with Crippen LogP contribution in [0.2, 0.25) is 5.02 Å². The molecule has 2 aromatic heterocycles. The molecule has 7 nitrogen and oxygen atoms in total. The number of amides is 1. The highest BCUT2D eigenvalue weighted by molar-refractivity contribution is 6.33. The second-order valence-corrected chi connectivity index (χ2v) is 7.92. The number of aromatic nitrogens is 3. The van der Waals surface area contributed by atoms with Crippen molar-refractivity contribution in [3.63, 3.8) is 0 Å². The Morgan fingerprint density at radius 2 is 1.84 bits per heavy atom. The van der Waals surface area contributed by atoms with E-state index >= 15 is 0 Å². The molecular weight excluding hydrogens is 416 g/mol. The van der Waals surface area contributed by atoms with Crippen LogP contribution in [0.5, 0.6) is 0 Å². The number of hydrogen-bond acceptors (Lipinski definition) is 5. The zero-order valence-electron chi connectivity index (χ0n) is 18.0. The number of esters is 1. The predicted molar refractivity (Wildman–Crippen MR) is 118 cm³/mol. The lowest BCUT2D eigenvalue weighted by molar-refractivity contribution is -0.136. The van der Waals surface area contributed by atoms with E-state index in [2.05, 4.69) is 10.1 Å². The quantitative estimate of drug-likeness (QED) is 0.516. The van der Waals surface area contributed by atoms with E-state index in [-0.39, 0.29) is 22.7 Å². The van der Waals surface area contributed by atoms with E-state index in [4.69, 9.17) is 16.3 Å². The van der Waals surface area contributed by atoms with Gasteiger partial charge in [-0.2, -0.15) is 5.10 Å². The van der Waals surface area contributed by atoms with Crippen molar-refractivity contribution in [1.29, 1.82) is 0 Å². The summed E-state index contributed by atoms with van der Waals surface area (Å²) in [5.41, 5.74) is 2.64. The van der Waals surface area contributed by atoms with Crippen LogP contribution in [0.4, 0.5) is 0 Å². The Kier molecular flexibility index (Phi) is 7.07. The van der Waals surface area contributed by atoms with Crippen molar-refractivity contribution in [2.45, 2.75) is 40.3 Å². The number of ether oxygens (including phenoxy) is 1. The third-order valence-corrected chi connectivity index (χ3v) is 5.02. The molecule has 0 bridgehead atoms. The molecule has 0 saturated heterocycles. The number of halogens is 1. The molecular formula is C23H25ClN4O3. The van der Waals surface area contributed by atoms with Gasteiger partial charge in [0.1, 0.15) is 0 Å². The minimum atomic E-state index is -0.759. The molecule has 0 spiro atoms. The largest absolute Gasteiger partial charge is 0.451 e. The van der Waals surface area contributed by atoms with Gasteiger partial charge >= 0.3 is 5.97 Å². The Labute approximate surface area is 186 Å². The van der Waals surface area contributed by atoms with Crippen LogP contribution in [0.1, 0.15) is 41.3 Å². The fourth-order valence-corrected chi connectivity index (χ4v) is 3.35. The van der Waals surface area contributed by atoms with Gasteiger partial charge in [0, 0.05) is 18.3 Å². The van der Waals surface area contributed by atoms with E-state index in [0.29, 0.717) is 12.4 Å². The summed E-state index contributed by atoms with van der Waals surface area (Å²) in [7, 11) is 0. The van der Waals surface area contributed by atoms with Gasteiger partial charge in [0.25, 0.3) is 5.91 Å². The van der Waals surface area contributed by atoms with Gasteiger partial charge in [0.15, 0.2) is 18.1 Å². The van der Waals surface area contributed by atoms with E-state index in [1.165, 1.54) is 0 Å². The van der Waals surface area contributed by atoms with E-state index in [1.54, 1.807) is 21.7 Å². The highest BCUT2D eigenvalue weighted by Gasteiger charge is 2.22.